The predicted molar refractivity (Wildman–Crippen MR) is 80.5 cm³/mol. The molecule has 106 valence electrons. The van der Waals surface area contributed by atoms with Crippen LogP contribution < -0.4 is 0 Å². The number of rotatable bonds is 6. The minimum atomic E-state index is -0.924. The van der Waals surface area contributed by atoms with Gasteiger partial charge < -0.3 is 4.90 Å². The summed E-state index contributed by atoms with van der Waals surface area (Å²) in [7, 11) is 2.57. The van der Waals surface area contributed by atoms with Gasteiger partial charge in [-0.3, -0.25) is 9.00 Å². The van der Waals surface area contributed by atoms with Gasteiger partial charge in [-0.05, 0) is 25.8 Å². The van der Waals surface area contributed by atoms with Gasteiger partial charge in [-0.2, -0.15) is 0 Å². The lowest BCUT2D eigenvalue weighted by molar-refractivity contribution is -0.128. The molecule has 0 N–H and O–H groups in total. The van der Waals surface area contributed by atoms with E-state index in [1.165, 1.54) is 5.56 Å². The molecule has 0 bridgehead atoms. The Kier molecular flexibility index (Phi) is 6.22. The van der Waals surface area contributed by atoms with Gasteiger partial charge in [0.15, 0.2) is 0 Å². The van der Waals surface area contributed by atoms with Crippen molar-refractivity contribution in [3.63, 3.8) is 0 Å². The van der Waals surface area contributed by atoms with Gasteiger partial charge in [-0.25, -0.2) is 0 Å². The normalized spacial score (nSPS) is 13.9. The number of hydrogen-bond donors (Lipinski definition) is 0. The third-order valence-electron chi connectivity index (χ3n) is 3.14. The minimum Gasteiger partial charge on any atom is -0.349 e. The van der Waals surface area contributed by atoms with E-state index in [0.717, 1.165) is 5.56 Å². The van der Waals surface area contributed by atoms with Gasteiger partial charge in [0.25, 0.3) is 0 Å². The van der Waals surface area contributed by atoms with Gasteiger partial charge in [0, 0.05) is 37.1 Å². The Morgan fingerprint density at radius 3 is 2.63 bits per heavy atom. The minimum absolute atomic E-state index is 0.0226. The van der Waals surface area contributed by atoms with Crippen molar-refractivity contribution in [3.05, 3.63) is 35.4 Å². The summed E-state index contributed by atoms with van der Waals surface area (Å²) in [5.74, 6) is 0.675. The first kappa shape index (κ1) is 15.9. The van der Waals surface area contributed by atoms with E-state index < -0.39 is 10.8 Å². The number of hydrogen-bond acceptors (Lipinski definition) is 2. The van der Waals surface area contributed by atoms with Crippen LogP contribution in [0.4, 0.5) is 0 Å². The van der Waals surface area contributed by atoms with Crippen LogP contribution in [0.25, 0.3) is 0 Å². The Bertz CT molecular complexity index is 457. The maximum absolute atomic E-state index is 12.2. The highest BCUT2D eigenvalue weighted by atomic mass is 32.2. The highest BCUT2D eigenvalue weighted by Crippen LogP contribution is 2.21. The van der Waals surface area contributed by atoms with Crippen molar-refractivity contribution in [3.8, 4) is 0 Å². The van der Waals surface area contributed by atoms with E-state index in [4.69, 9.17) is 0 Å². The molecule has 4 heteroatoms. The summed E-state index contributed by atoms with van der Waals surface area (Å²) in [4.78, 5) is 13.0. The second-order valence-corrected chi connectivity index (χ2v) is 6.91. The van der Waals surface area contributed by atoms with E-state index in [9.17, 15) is 9.00 Å². The maximum Gasteiger partial charge on any atom is 0.222 e. The fourth-order valence-electron chi connectivity index (χ4n) is 1.84. The van der Waals surface area contributed by atoms with Gasteiger partial charge in [-0.1, -0.05) is 29.8 Å². The van der Waals surface area contributed by atoms with Gasteiger partial charge in [0.05, 0.1) is 5.25 Å². The van der Waals surface area contributed by atoms with Gasteiger partial charge in [-0.15, -0.1) is 0 Å². The van der Waals surface area contributed by atoms with Crippen molar-refractivity contribution in [2.45, 2.75) is 31.9 Å². The first-order chi connectivity index (χ1) is 8.91. The molecule has 1 aromatic carbocycles. The summed E-state index contributed by atoms with van der Waals surface area (Å²) in [6.07, 6.45) is 1.15. The standard InChI is InChI=1S/C15H23NO2S/c1-12-7-5-8-14(11-12)13(2)19(18)10-6-9-15(17)16(3)4/h5,7-8,11,13H,6,9-10H2,1-4H3/t13-,19-/m1/s1. The fourth-order valence-corrected chi connectivity index (χ4v) is 3.07. The molecule has 0 aliphatic rings. The lowest BCUT2D eigenvalue weighted by Gasteiger charge is -2.13. The van der Waals surface area contributed by atoms with Crippen LogP contribution in [0.5, 0.6) is 0 Å². The van der Waals surface area contributed by atoms with Crippen molar-refractivity contribution in [2.24, 2.45) is 0 Å². The number of nitrogens with zero attached hydrogens (tertiary/aromatic N) is 1. The van der Waals surface area contributed by atoms with Crippen molar-refractivity contribution >= 4 is 16.7 Å². The van der Waals surface area contributed by atoms with Crippen molar-refractivity contribution in [1.29, 1.82) is 0 Å². The van der Waals surface area contributed by atoms with E-state index >= 15 is 0 Å². The largest absolute Gasteiger partial charge is 0.349 e. The molecule has 0 aromatic heterocycles. The molecule has 3 nitrogen and oxygen atoms in total. The molecule has 0 aliphatic heterocycles. The van der Waals surface area contributed by atoms with Crippen LogP contribution in [-0.4, -0.2) is 34.9 Å². The molecule has 19 heavy (non-hydrogen) atoms. The lowest BCUT2D eigenvalue weighted by Crippen LogP contribution is -2.22. The summed E-state index contributed by atoms with van der Waals surface area (Å²) >= 11 is 0. The Labute approximate surface area is 118 Å². The molecule has 0 heterocycles. The SMILES string of the molecule is Cc1cccc([C@@H](C)[S@](=O)CCCC(=O)N(C)C)c1. The van der Waals surface area contributed by atoms with E-state index in [-0.39, 0.29) is 11.2 Å². The fraction of sp³-hybridized carbons (Fsp3) is 0.533. The van der Waals surface area contributed by atoms with Crippen LogP contribution in [0.1, 0.15) is 36.1 Å². The zero-order valence-corrected chi connectivity index (χ0v) is 13.0. The van der Waals surface area contributed by atoms with Gasteiger partial charge >= 0.3 is 0 Å². The monoisotopic (exact) mass is 281 g/mol. The average molecular weight is 281 g/mol. The second-order valence-electron chi connectivity index (χ2n) is 5.03. The zero-order chi connectivity index (χ0) is 14.4. The molecule has 2 atom stereocenters. The van der Waals surface area contributed by atoms with Crippen LogP contribution in [0.15, 0.2) is 24.3 Å². The van der Waals surface area contributed by atoms with Crippen LogP contribution in [0, 0.1) is 6.92 Å². The molecule has 0 unspecified atom stereocenters. The Morgan fingerprint density at radius 1 is 1.37 bits per heavy atom. The third-order valence-corrected chi connectivity index (χ3v) is 4.89. The smallest absolute Gasteiger partial charge is 0.222 e. The first-order valence-electron chi connectivity index (χ1n) is 6.55. The van der Waals surface area contributed by atoms with Crippen LogP contribution in [-0.2, 0) is 15.6 Å². The average Bonchev–Trinajstić information content (AvgIpc) is 2.37. The molecule has 0 saturated carbocycles. The van der Waals surface area contributed by atoms with Crippen molar-refractivity contribution in [2.75, 3.05) is 19.8 Å². The summed E-state index contributed by atoms with van der Waals surface area (Å²) < 4.78 is 12.2. The molecule has 0 radical (unpaired) electrons. The lowest BCUT2D eigenvalue weighted by atomic mass is 10.1. The Balaban J connectivity index is 2.48. The molecule has 0 fully saturated rings. The van der Waals surface area contributed by atoms with E-state index in [0.29, 0.717) is 18.6 Å². The van der Waals surface area contributed by atoms with Gasteiger partial charge in [0.1, 0.15) is 0 Å². The first-order valence-corrected chi connectivity index (χ1v) is 7.94. The number of carbonyl (C=O) groups is 1. The summed E-state index contributed by atoms with van der Waals surface area (Å²) in [5.41, 5.74) is 2.29. The second kappa shape index (κ2) is 7.43. The van der Waals surface area contributed by atoms with E-state index in [2.05, 4.69) is 6.07 Å². The van der Waals surface area contributed by atoms with E-state index in [1.807, 2.05) is 32.0 Å². The summed E-state index contributed by atoms with van der Waals surface area (Å²) in [6.45, 7) is 4.02. The molecule has 0 aliphatic carbocycles. The van der Waals surface area contributed by atoms with Gasteiger partial charge in [0.2, 0.25) is 5.91 Å². The van der Waals surface area contributed by atoms with Crippen molar-refractivity contribution < 1.29 is 9.00 Å². The third kappa shape index (κ3) is 5.15. The maximum atomic E-state index is 12.2. The van der Waals surface area contributed by atoms with Crippen molar-refractivity contribution in [1.82, 2.24) is 4.90 Å². The highest BCUT2D eigenvalue weighted by molar-refractivity contribution is 7.85. The molecular weight excluding hydrogens is 258 g/mol. The van der Waals surface area contributed by atoms with E-state index in [1.54, 1.807) is 19.0 Å². The number of aryl methyl sites for hydroxylation is 1. The Hall–Kier alpha value is -1.16. The molecule has 0 spiro atoms. The molecular formula is C15H23NO2S. The molecule has 1 rings (SSSR count). The van der Waals surface area contributed by atoms with Crippen LogP contribution in [0.3, 0.4) is 0 Å². The molecule has 0 saturated heterocycles. The molecule has 1 amide bonds. The predicted octanol–water partition coefficient (Wildman–Crippen LogP) is 2.67. The number of benzene rings is 1. The van der Waals surface area contributed by atoms with Crippen LogP contribution >= 0.6 is 0 Å². The summed E-state index contributed by atoms with van der Waals surface area (Å²) in [6, 6.07) is 8.12. The summed E-state index contributed by atoms with van der Waals surface area (Å²) in [5, 5.41) is 0.0226. The molecule has 1 aromatic rings. The Morgan fingerprint density at radius 2 is 2.05 bits per heavy atom. The highest BCUT2D eigenvalue weighted by Gasteiger charge is 2.14. The quantitative estimate of drug-likeness (QED) is 0.804. The number of carbonyl (C=O) groups excluding carboxylic acids is 1. The number of amides is 1. The van der Waals surface area contributed by atoms with Crippen LogP contribution in [0.2, 0.25) is 0 Å². The topological polar surface area (TPSA) is 37.4 Å². The zero-order valence-electron chi connectivity index (χ0n) is 12.2.